The smallest absolute Gasteiger partial charge is 0.176 e. The molecule has 0 amide bonds. The number of hydrogen-bond acceptors (Lipinski definition) is 4. The van der Waals surface area contributed by atoms with Crippen molar-refractivity contribution in [3.8, 4) is 11.5 Å². The van der Waals surface area contributed by atoms with Crippen LogP contribution < -0.4 is 10.1 Å². The van der Waals surface area contributed by atoms with Gasteiger partial charge in [0.15, 0.2) is 11.5 Å². The van der Waals surface area contributed by atoms with E-state index < -0.39 is 0 Å². The number of methoxy groups -OCH3 is 1. The molecular weight excluding hydrogens is 383 g/mol. The highest BCUT2D eigenvalue weighted by Gasteiger charge is 2.32. The van der Waals surface area contributed by atoms with Gasteiger partial charge in [0.05, 0.1) is 12.1 Å². The molecule has 1 heterocycles. The molecule has 1 saturated carbocycles. The molecule has 1 atom stereocenters. The Morgan fingerprint density at radius 1 is 1.16 bits per heavy atom. The number of nitrogens with zero attached hydrogens (tertiary/aromatic N) is 1. The van der Waals surface area contributed by atoms with Crippen LogP contribution in [0.3, 0.4) is 0 Å². The fraction of sp³-hybridized carbons (Fsp3) is 0.667. The summed E-state index contributed by atoms with van der Waals surface area (Å²) in [5, 5.41) is 13.9. The first-order valence-electron chi connectivity index (χ1n) is 8.72. The third kappa shape index (κ3) is 5.30. The van der Waals surface area contributed by atoms with Crippen molar-refractivity contribution in [3.05, 3.63) is 22.7 Å². The van der Waals surface area contributed by atoms with Crippen molar-refractivity contribution in [2.24, 2.45) is 5.92 Å². The molecule has 1 aromatic carbocycles. The van der Waals surface area contributed by atoms with Crippen LogP contribution in [0.15, 0.2) is 12.1 Å². The Labute approximate surface area is 168 Å². The predicted octanol–water partition coefficient (Wildman–Crippen LogP) is 4.42. The Balaban J connectivity index is 0.00000156. The molecule has 4 nitrogen and oxygen atoms in total. The topological polar surface area (TPSA) is 44.7 Å². The standard InChI is InChI=1S/C18H27ClN2O2.2ClH/c1-23-16-12-14(11-15(19)18(16)22)17(13-5-3-2-4-6-13)21-9-7-20-8-10-21;;/h11-13,17,20,22H,2-10H2,1H3;2*1H/t17-;;/m0../s1. The van der Waals surface area contributed by atoms with Crippen molar-refractivity contribution < 1.29 is 9.84 Å². The molecule has 1 aliphatic heterocycles. The summed E-state index contributed by atoms with van der Waals surface area (Å²) < 4.78 is 5.33. The van der Waals surface area contributed by atoms with Crippen LogP contribution >= 0.6 is 36.4 Å². The summed E-state index contributed by atoms with van der Waals surface area (Å²) >= 11 is 6.26. The molecule has 0 unspecified atom stereocenters. The van der Waals surface area contributed by atoms with Crippen molar-refractivity contribution in [3.63, 3.8) is 0 Å². The molecule has 25 heavy (non-hydrogen) atoms. The van der Waals surface area contributed by atoms with Crippen LogP contribution in [0.1, 0.15) is 43.7 Å². The second-order valence-electron chi connectivity index (χ2n) is 6.68. The van der Waals surface area contributed by atoms with Gasteiger partial charge in [-0.05, 0) is 36.5 Å². The van der Waals surface area contributed by atoms with Crippen molar-refractivity contribution in [2.45, 2.75) is 38.1 Å². The minimum atomic E-state index is 0. The van der Waals surface area contributed by atoms with Gasteiger partial charge in [0.25, 0.3) is 0 Å². The number of benzene rings is 1. The summed E-state index contributed by atoms with van der Waals surface area (Å²) in [4.78, 5) is 2.58. The predicted molar refractivity (Wildman–Crippen MR) is 108 cm³/mol. The number of phenolic OH excluding ortho intramolecular Hbond substituents is 1. The number of aromatic hydroxyl groups is 1. The zero-order valence-corrected chi connectivity index (χ0v) is 17.1. The Hall–Kier alpha value is -0.390. The van der Waals surface area contributed by atoms with Crippen molar-refractivity contribution in [2.75, 3.05) is 33.3 Å². The summed E-state index contributed by atoms with van der Waals surface area (Å²) in [5.74, 6) is 1.18. The molecule has 3 rings (SSSR count). The van der Waals surface area contributed by atoms with E-state index in [0.29, 0.717) is 22.7 Å². The second kappa shape index (κ2) is 10.7. The minimum absolute atomic E-state index is 0. The molecule has 2 N–H and O–H groups in total. The van der Waals surface area contributed by atoms with Gasteiger partial charge in [-0.2, -0.15) is 0 Å². The maximum atomic E-state index is 10.0. The number of piperazine rings is 1. The normalized spacial score (nSPS) is 20.2. The number of ether oxygens (including phenoxy) is 1. The lowest BCUT2D eigenvalue weighted by molar-refractivity contribution is 0.103. The Morgan fingerprint density at radius 2 is 1.80 bits per heavy atom. The molecule has 144 valence electrons. The third-order valence-electron chi connectivity index (χ3n) is 5.25. The summed E-state index contributed by atoms with van der Waals surface area (Å²) in [7, 11) is 1.58. The molecule has 1 aliphatic carbocycles. The van der Waals surface area contributed by atoms with Gasteiger partial charge in [-0.3, -0.25) is 4.90 Å². The van der Waals surface area contributed by atoms with Gasteiger partial charge >= 0.3 is 0 Å². The first-order chi connectivity index (χ1) is 11.2. The van der Waals surface area contributed by atoms with Crippen LogP contribution in [0.25, 0.3) is 0 Å². The average molecular weight is 412 g/mol. The van der Waals surface area contributed by atoms with Gasteiger partial charge < -0.3 is 15.2 Å². The van der Waals surface area contributed by atoms with Gasteiger partial charge in [0.1, 0.15) is 0 Å². The van der Waals surface area contributed by atoms with E-state index in [1.54, 1.807) is 7.11 Å². The summed E-state index contributed by atoms with van der Waals surface area (Å²) in [6.45, 7) is 4.18. The molecule has 0 radical (unpaired) electrons. The van der Waals surface area contributed by atoms with Gasteiger partial charge in [0, 0.05) is 32.2 Å². The first kappa shape index (κ1) is 22.7. The number of phenols is 1. The van der Waals surface area contributed by atoms with E-state index in [1.165, 1.54) is 37.7 Å². The maximum Gasteiger partial charge on any atom is 0.176 e. The van der Waals surface area contributed by atoms with E-state index in [2.05, 4.69) is 10.2 Å². The second-order valence-corrected chi connectivity index (χ2v) is 7.09. The van der Waals surface area contributed by atoms with Gasteiger partial charge in [-0.1, -0.05) is 30.9 Å². The first-order valence-corrected chi connectivity index (χ1v) is 9.09. The Bertz CT molecular complexity index is 515. The molecule has 0 aromatic heterocycles. The van der Waals surface area contributed by atoms with Crippen LogP contribution in [-0.4, -0.2) is 43.3 Å². The van der Waals surface area contributed by atoms with E-state index in [9.17, 15) is 5.11 Å². The fourth-order valence-corrected chi connectivity index (χ4v) is 4.33. The molecule has 2 aliphatic rings. The molecular formula is C18H29Cl3N2O2. The highest BCUT2D eigenvalue weighted by atomic mass is 35.5. The van der Waals surface area contributed by atoms with Crippen molar-refractivity contribution in [1.29, 1.82) is 0 Å². The van der Waals surface area contributed by atoms with Crippen LogP contribution in [0.4, 0.5) is 0 Å². The Morgan fingerprint density at radius 3 is 2.40 bits per heavy atom. The van der Waals surface area contributed by atoms with Crippen LogP contribution in [0, 0.1) is 5.92 Å². The zero-order valence-electron chi connectivity index (χ0n) is 14.7. The Kier molecular flexibility index (Phi) is 9.68. The summed E-state index contributed by atoms with van der Waals surface area (Å²) in [6, 6.07) is 4.27. The van der Waals surface area contributed by atoms with Crippen molar-refractivity contribution in [1.82, 2.24) is 10.2 Å². The van der Waals surface area contributed by atoms with Gasteiger partial charge in [-0.15, -0.1) is 24.8 Å². The van der Waals surface area contributed by atoms with E-state index in [4.69, 9.17) is 16.3 Å². The van der Waals surface area contributed by atoms with Gasteiger partial charge in [0.2, 0.25) is 0 Å². The number of halogens is 3. The molecule has 2 fully saturated rings. The van der Waals surface area contributed by atoms with Crippen LogP contribution in [-0.2, 0) is 0 Å². The van der Waals surface area contributed by atoms with E-state index in [1.807, 2.05) is 12.1 Å². The van der Waals surface area contributed by atoms with E-state index in [-0.39, 0.29) is 30.6 Å². The maximum absolute atomic E-state index is 10.0. The van der Waals surface area contributed by atoms with Gasteiger partial charge in [-0.25, -0.2) is 0 Å². The monoisotopic (exact) mass is 410 g/mol. The molecule has 7 heteroatoms. The lowest BCUT2D eigenvalue weighted by Gasteiger charge is -2.41. The molecule has 1 saturated heterocycles. The quantitative estimate of drug-likeness (QED) is 0.769. The lowest BCUT2D eigenvalue weighted by atomic mass is 9.80. The molecule has 1 aromatic rings. The summed E-state index contributed by atoms with van der Waals surface area (Å²) in [6.07, 6.45) is 6.53. The van der Waals surface area contributed by atoms with E-state index in [0.717, 1.165) is 26.2 Å². The minimum Gasteiger partial charge on any atom is -0.503 e. The molecule has 0 bridgehead atoms. The van der Waals surface area contributed by atoms with Crippen LogP contribution in [0.5, 0.6) is 11.5 Å². The SMILES string of the molecule is COc1cc([C@H](C2CCCCC2)N2CCNCC2)cc(Cl)c1O.Cl.Cl. The highest BCUT2D eigenvalue weighted by Crippen LogP contribution is 2.43. The third-order valence-corrected chi connectivity index (χ3v) is 5.54. The van der Waals surface area contributed by atoms with Crippen molar-refractivity contribution >= 4 is 36.4 Å². The largest absolute Gasteiger partial charge is 0.503 e. The van der Waals surface area contributed by atoms with Crippen LogP contribution in [0.2, 0.25) is 5.02 Å². The summed E-state index contributed by atoms with van der Waals surface area (Å²) in [5.41, 5.74) is 1.18. The number of nitrogens with one attached hydrogen (secondary N) is 1. The number of rotatable bonds is 4. The molecule has 0 spiro atoms. The number of hydrogen-bond donors (Lipinski definition) is 2. The zero-order chi connectivity index (χ0) is 16.2. The van der Waals surface area contributed by atoms with E-state index >= 15 is 0 Å². The average Bonchev–Trinajstić information content (AvgIpc) is 2.60. The highest BCUT2D eigenvalue weighted by molar-refractivity contribution is 6.32. The lowest BCUT2D eigenvalue weighted by Crippen LogP contribution is -2.47. The fourth-order valence-electron chi connectivity index (χ4n) is 4.11.